The van der Waals surface area contributed by atoms with E-state index in [0.717, 1.165) is 35.9 Å². The van der Waals surface area contributed by atoms with Crippen molar-refractivity contribution in [3.63, 3.8) is 0 Å². The SMILES string of the molecule is CCCc1cc2nc(S(C)(=O)=O)ccc2n1Cc1ccc(F)cc1. The molecule has 0 N–H and O–H groups in total. The predicted octanol–water partition coefficient (Wildman–Crippen LogP) is 3.58. The van der Waals surface area contributed by atoms with Gasteiger partial charge in [0.25, 0.3) is 0 Å². The van der Waals surface area contributed by atoms with Crippen molar-refractivity contribution in [2.45, 2.75) is 31.3 Å². The first-order valence-electron chi connectivity index (χ1n) is 7.82. The van der Waals surface area contributed by atoms with Gasteiger partial charge in [0.05, 0.1) is 11.0 Å². The van der Waals surface area contributed by atoms with Crippen LogP contribution in [0, 0.1) is 5.82 Å². The topological polar surface area (TPSA) is 52.0 Å². The molecule has 0 saturated heterocycles. The van der Waals surface area contributed by atoms with Gasteiger partial charge in [0.15, 0.2) is 14.9 Å². The van der Waals surface area contributed by atoms with Gasteiger partial charge in [-0.2, -0.15) is 0 Å². The number of nitrogens with zero attached hydrogens (tertiary/aromatic N) is 2. The van der Waals surface area contributed by atoms with E-state index in [9.17, 15) is 12.8 Å². The van der Waals surface area contributed by atoms with Crippen molar-refractivity contribution in [1.82, 2.24) is 9.55 Å². The molecule has 0 amide bonds. The van der Waals surface area contributed by atoms with Crippen LogP contribution in [0.2, 0.25) is 0 Å². The van der Waals surface area contributed by atoms with Gasteiger partial charge >= 0.3 is 0 Å². The molecular formula is C18H19FN2O2S. The van der Waals surface area contributed by atoms with Crippen LogP contribution in [-0.4, -0.2) is 24.2 Å². The summed E-state index contributed by atoms with van der Waals surface area (Å²) in [6.45, 7) is 2.69. The van der Waals surface area contributed by atoms with E-state index < -0.39 is 9.84 Å². The van der Waals surface area contributed by atoms with Crippen LogP contribution in [-0.2, 0) is 22.8 Å². The number of rotatable bonds is 5. The van der Waals surface area contributed by atoms with Crippen LogP contribution >= 0.6 is 0 Å². The van der Waals surface area contributed by atoms with Gasteiger partial charge in [-0.1, -0.05) is 25.5 Å². The molecule has 126 valence electrons. The first-order chi connectivity index (χ1) is 11.4. The second-order valence-corrected chi connectivity index (χ2v) is 7.89. The van der Waals surface area contributed by atoms with E-state index in [0.29, 0.717) is 12.1 Å². The molecule has 0 unspecified atom stereocenters. The third-order valence-electron chi connectivity index (χ3n) is 3.96. The minimum Gasteiger partial charge on any atom is -0.339 e. The lowest BCUT2D eigenvalue weighted by atomic mass is 10.2. The summed E-state index contributed by atoms with van der Waals surface area (Å²) < 4.78 is 38.6. The molecule has 0 aliphatic rings. The Bertz CT molecular complexity index is 976. The van der Waals surface area contributed by atoms with Crippen molar-refractivity contribution in [3.05, 3.63) is 59.5 Å². The molecule has 2 aromatic heterocycles. The highest BCUT2D eigenvalue weighted by Gasteiger charge is 2.14. The first kappa shape index (κ1) is 16.6. The van der Waals surface area contributed by atoms with Crippen LogP contribution in [0.1, 0.15) is 24.6 Å². The molecule has 6 heteroatoms. The molecule has 3 aromatic rings. The molecule has 2 heterocycles. The summed E-state index contributed by atoms with van der Waals surface area (Å²) in [6.07, 6.45) is 2.99. The second kappa shape index (κ2) is 6.36. The number of fused-ring (bicyclic) bond motifs is 1. The zero-order valence-electron chi connectivity index (χ0n) is 13.7. The fraction of sp³-hybridized carbons (Fsp3) is 0.278. The molecule has 0 radical (unpaired) electrons. The Morgan fingerprint density at radius 3 is 2.46 bits per heavy atom. The van der Waals surface area contributed by atoms with Gasteiger partial charge in [0, 0.05) is 18.5 Å². The molecule has 0 aliphatic heterocycles. The van der Waals surface area contributed by atoms with Gasteiger partial charge in [-0.15, -0.1) is 0 Å². The van der Waals surface area contributed by atoms with Crippen LogP contribution in [0.3, 0.4) is 0 Å². The summed E-state index contributed by atoms with van der Waals surface area (Å²) in [4.78, 5) is 4.30. The molecule has 0 fully saturated rings. The molecule has 0 aliphatic carbocycles. The monoisotopic (exact) mass is 346 g/mol. The van der Waals surface area contributed by atoms with Crippen LogP contribution in [0.25, 0.3) is 11.0 Å². The molecular weight excluding hydrogens is 327 g/mol. The summed E-state index contributed by atoms with van der Waals surface area (Å²) in [5.74, 6) is -0.260. The van der Waals surface area contributed by atoms with Crippen molar-refractivity contribution in [2.75, 3.05) is 6.26 Å². The van der Waals surface area contributed by atoms with E-state index in [1.165, 1.54) is 18.2 Å². The third kappa shape index (κ3) is 3.33. The Balaban J connectivity index is 2.10. The fourth-order valence-corrected chi connectivity index (χ4v) is 3.38. The van der Waals surface area contributed by atoms with E-state index in [1.54, 1.807) is 18.2 Å². The lowest BCUT2D eigenvalue weighted by Gasteiger charge is -2.10. The number of hydrogen-bond acceptors (Lipinski definition) is 3. The number of halogens is 1. The molecule has 0 saturated carbocycles. The van der Waals surface area contributed by atoms with Crippen molar-refractivity contribution in [2.24, 2.45) is 0 Å². The number of pyridine rings is 1. The Kier molecular flexibility index (Phi) is 4.41. The quantitative estimate of drug-likeness (QED) is 0.709. The van der Waals surface area contributed by atoms with E-state index >= 15 is 0 Å². The van der Waals surface area contributed by atoms with E-state index in [-0.39, 0.29) is 10.8 Å². The smallest absolute Gasteiger partial charge is 0.192 e. The molecule has 24 heavy (non-hydrogen) atoms. The Hall–Kier alpha value is -2.21. The average molecular weight is 346 g/mol. The molecule has 0 atom stereocenters. The van der Waals surface area contributed by atoms with Crippen molar-refractivity contribution in [1.29, 1.82) is 0 Å². The van der Waals surface area contributed by atoms with Gasteiger partial charge in [-0.05, 0) is 42.3 Å². The van der Waals surface area contributed by atoms with Crippen LogP contribution in [0.5, 0.6) is 0 Å². The van der Waals surface area contributed by atoms with Gasteiger partial charge in [-0.3, -0.25) is 0 Å². The summed E-state index contributed by atoms with van der Waals surface area (Å²) in [7, 11) is -3.34. The first-order valence-corrected chi connectivity index (χ1v) is 9.71. The maximum absolute atomic E-state index is 13.1. The normalized spacial score (nSPS) is 12.0. The van der Waals surface area contributed by atoms with Gasteiger partial charge in [-0.25, -0.2) is 17.8 Å². The van der Waals surface area contributed by atoms with E-state index in [1.807, 2.05) is 6.07 Å². The number of aromatic nitrogens is 2. The third-order valence-corrected chi connectivity index (χ3v) is 4.94. The molecule has 3 rings (SSSR count). The average Bonchev–Trinajstić information content (AvgIpc) is 2.86. The molecule has 0 bridgehead atoms. The minimum atomic E-state index is -3.34. The summed E-state index contributed by atoms with van der Waals surface area (Å²) >= 11 is 0. The Morgan fingerprint density at radius 2 is 1.83 bits per heavy atom. The second-order valence-electron chi connectivity index (χ2n) is 5.92. The maximum Gasteiger partial charge on any atom is 0.192 e. The molecule has 0 spiro atoms. The zero-order valence-corrected chi connectivity index (χ0v) is 14.5. The van der Waals surface area contributed by atoms with Gasteiger partial charge in [0.2, 0.25) is 0 Å². The Labute approximate surface area is 140 Å². The number of aryl methyl sites for hydroxylation is 1. The van der Waals surface area contributed by atoms with Crippen LogP contribution in [0.15, 0.2) is 47.5 Å². The number of sulfone groups is 1. The largest absolute Gasteiger partial charge is 0.339 e. The van der Waals surface area contributed by atoms with Crippen molar-refractivity contribution >= 4 is 20.9 Å². The summed E-state index contributed by atoms with van der Waals surface area (Å²) in [5, 5.41) is 0.0805. The van der Waals surface area contributed by atoms with E-state index in [2.05, 4.69) is 16.5 Å². The van der Waals surface area contributed by atoms with Crippen molar-refractivity contribution < 1.29 is 12.8 Å². The summed E-state index contributed by atoms with van der Waals surface area (Å²) in [5.41, 5.74) is 3.63. The minimum absolute atomic E-state index is 0.0805. The van der Waals surface area contributed by atoms with Crippen molar-refractivity contribution in [3.8, 4) is 0 Å². The highest BCUT2D eigenvalue weighted by molar-refractivity contribution is 7.90. The number of benzene rings is 1. The lowest BCUT2D eigenvalue weighted by Crippen LogP contribution is -2.05. The summed E-state index contributed by atoms with van der Waals surface area (Å²) in [6, 6.07) is 11.7. The van der Waals surface area contributed by atoms with Crippen LogP contribution in [0.4, 0.5) is 4.39 Å². The maximum atomic E-state index is 13.1. The highest BCUT2D eigenvalue weighted by atomic mass is 32.2. The molecule has 1 aromatic carbocycles. The molecule has 4 nitrogen and oxygen atoms in total. The zero-order chi connectivity index (χ0) is 17.3. The predicted molar refractivity (Wildman–Crippen MR) is 92.3 cm³/mol. The standard InChI is InChI=1S/C18H19FN2O2S/c1-3-4-15-11-16-17(9-10-18(20-16)24(2,22)23)21(15)12-13-5-7-14(19)8-6-13/h5-11H,3-4,12H2,1-2H3. The lowest BCUT2D eigenvalue weighted by molar-refractivity contribution is 0.598. The Morgan fingerprint density at radius 1 is 1.12 bits per heavy atom. The highest BCUT2D eigenvalue weighted by Crippen LogP contribution is 2.23. The van der Waals surface area contributed by atoms with Gasteiger partial charge in [0.1, 0.15) is 5.82 Å². The fourth-order valence-electron chi connectivity index (χ4n) is 2.80. The van der Waals surface area contributed by atoms with Gasteiger partial charge < -0.3 is 4.57 Å². The van der Waals surface area contributed by atoms with E-state index in [4.69, 9.17) is 0 Å². The van der Waals surface area contributed by atoms with Crippen LogP contribution < -0.4 is 0 Å². The number of hydrogen-bond donors (Lipinski definition) is 0.